The lowest BCUT2D eigenvalue weighted by molar-refractivity contribution is -0.384. The van der Waals surface area contributed by atoms with Gasteiger partial charge in [0.25, 0.3) is 16.8 Å². The summed E-state index contributed by atoms with van der Waals surface area (Å²) in [6, 6.07) is 12.7. The normalized spacial score (nSPS) is 13.0. The summed E-state index contributed by atoms with van der Waals surface area (Å²) >= 11 is 1.16. The number of nitrogens with one attached hydrogen (secondary N) is 1. The van der Waals surface area contributed by atoms with Crippen LogP contribution in [0.4, 0.5) is 5.69 Å². The zero-order chi connectivity index (χ0) is 19.5. The topological polar surface area (TPSA) is 133 Å². The lowest BCUT2D eigenvalue weighted by Crippen LogP contribution is -2.18. The van der Waals surface area contributed by atoms with Gasteiger partial charge in [0.2, 0.25) is 11.8 Å². The number of hydrogen-bond donors (Lipinski definition) is 1. The van der Waals surface area contributed by atoms with Gasteiger partial charge in [-0.1, -0.05) is 30.0 Å². The standard InChI is InChI=1S/C17H11N5O5S/c23-15-12-6-1-2-7-13(12)26-14(18-19-15)9-28-17-21-20-16(27-17)10-4-3-5-11(8-10)22(24)25/h1-8H,9H2,(H,19,23). The number of ether oxygens (including phenoxy) is 1. The zero-order valence-electron chi connectivity index (χ0n) is 14.1. The summed E-state index contributed by atoms with van der Waals surface area (Å²) < 4.78 is 11.2. The Morgan fingerprint density at radius 3 is 2.86 bits per heavy atom. The predicted molar refractivity (Wildman–Crippen MR) is 99.1 cm³/mol. The average molecular weight is 397 g/mol. The maximum absolute atomic E-state index is 12.0. The van der Waals surface area contributed by atoms with Crippen molar-refractivity contribution in [3.8, 4) is 17.2 Å². The fourth-order valence-corrected chi connectivity index (χ4v) is 3.00. The second kappa shape index (κ2) is 7.48. The number of hydrazone groups is 1. The van der Waals surface area contributed by atoms with Crippen molar-refractivity contribution in [2.24, 2.45) is 5.10 Å². The van der Waals surface area contributed by atoms with E-state index in [1.165, 1.54) is 12.1 Å². The van der Waals surface area contributed by atoms with Gasteiger partial charge in [0, 0.05) is 17.7 Å². The number of nitro benzene ring substituents is 1. The van der Waals surface area contributed by atoms with E-state index in [-0.39, 0.29) is 34.4 Å². The predicted octanol–water partition coefficient (Wildman–Crippen LogP) is 2.87. The molecule has 4 rings (SSSR count). The SMILES string of the molecule is O=C1NN=C(CSc2nnc(-c3cccc([N+](=O)[O-])c3)o2)Oc2ccccc21. The summed E-state index contributed by atoms with van der Waals surface area (Å²) in [4.78, 5) is 22.4. The maximum Gasteiger partial charge on any atom is 0.277 e. The van der Waals surface area contributed by atoms with E-state index in [9.17, 15) is 14.9 Å². The molecule has 10 nitrogen and oxygen atoms in total. The fourth-order valence-electron chi connectivity index (χ4n) is 2.39. The number of rotatable bonds is 5. The molecule has 2 aromatic carbocycles. The van der Waals surface area contributed by atoms with Gasteiger partial charge < -0.3 is 9.15 Å². The van der Waals surface area contributed by atoms with Gasteiger partial charge in [-0.15, -0.1) is 15.3 Å². The summed E-state index contributed by atoms with van der Waals surface area (Å²) in [7, 11) is 0. The number of fused-ring (bicyclic) bond motifs is 1. The highest BCUT2D eigenvalue weighted by Crippen LogP contribution is 2.27. The number of non-ortho nitro benzene ring substituents is 1. The van der Waals surface area contributed by atoms with E-state index in [1.807, 2.05) is 0 Å². The maximum atomic E-state index is 12.0. The fraction of sp³-hybridized carbons (Fsp3) is 0.0588. The Balaban J connectivity index is 1.46. The van der Waals surface area contributed by atoms with Gasteiger partial charge in [-0.25, -0.2) is 5.43 Å². The Kier molecular flexibility index (Phi) is 4.72. The summed E-state index contributed by atoms with van der Waals surface area (Å²) in [6.45, 7) is 0. The number of carbonyl (C=O) groups is 1. The van der Waals surface area contributed by atoms with E-state index in [2.05, 4.69) is 20.7 Å². The van der Waals surface area contributed by atoms with Gasteiger partial charge in [0.15, 0.2) is 0 Å². The lowest BCUT2D eigenvalue weighted by Gasteiger charge is -2.06. The van der Waals surface area contributed by atoms with E-state index in [0.29, 0.717) is 16.9 Å². The van der Waals surface area contributed by atoms with Crippen molar-refractivity contribution in [3.63, 3.8) is 0 Å². The zero-order valence-corrected chi connectivity index (χ0v) is 14.9. The molecule has 140 valence electrons. The summed E-state index contributed by atoms with van der Waals surface area (Å²) in [6.07, 6.45) is 0. The van der Waals surface area contributed by atoms with Crippen molar-refractivity contribution < 1.29 is 18.9 Å². The molecular formula is C17H11N5O5S. The number of aromatic nitrogens is 2. The molecule has 0 fully saturated rings. The highest BCUT2D eigenvalue weighted by atomic mass is 32.2. The Morgan fingerprint density at radius 1 is 1.14 bits per heavy atom. The molecular weight excluding hydrogens is 386 g/mol. The van der Waals surface area contributed by atoms with Crippen molar-refractivity contribution in [1.82, 2.24) is 15.6 Å². The third-order valence-electron chi connectivity index (χ3n) is 3.67. The molecule has 1 aliphatic rings. The Bertz CT molecular complexity index is 1100. The monoisotopic (exact) mass is 397 g/mol. The second-order valence-corrected chi connectivity index (χ2v) is 6.44. The Hall–Kier alpha value is -3.73. The third-order valence-corrected chi connectivity index (χ3v) is 4.47. The van der Waals surface area contributed by atoms with E-state index >= 15 is 0 Å². The van der Waals surface area contributed by atoms with Gasteiger partial charge in [0.1, 0.15) is 5.75 Å². The van der Waals surface area contributed by atoms with Crippen LogP contribution in [0.15, 0.2) is 63.3 Å². The number of para-hydroxylation sites is 1. The molecule has 1 amide bonds. The first kappa shape index (κ1) is 17.7. The molecule has 0 saturated heterocycles. The van der Waals surface area contributed by atoms with Crippen molar-refractivity contribution in [2.45, 2.75) is 5.22 Å². The summed E-state index contributed by atoms with van der Waals surface area (Å²) in [5.41, 5.74) is 3.17. The first-order valence-electron chi connectivity index (χ1n) is 7.95. The summed E-state index contributed by atoms with van der Waals surface area (Å²) in [5, 5.41) is 22.9. The number of nitrogens with zero attached hydrogens (tertiary/aromatic N) is 4. The molecule has 0 saturated carbocycles. The summed E-state index contributed by atoms with van der Waals surface area (Å²) in [5.74, 6) is 0.693. The van der Waals surface area contributed by atoms with Gasteiger partial charge >= 0.3 is 0 Å². The highest BCUT2D eigenvalue weighted by Gasteiger charge is 2.19. The number of nitro groups is 1. The van der Waals surface area contributed by atoms with Crippen molar-refractivity contribution >= 4 is 29.3 Å². The minimum atomic E-state index is -0.497. The lowest BCUT2D eigenvalue weighted by atomic mass is 10.2. The molecule has 2 heterocycles. The number of thioether (sulfide) groups is 1. The molecule has 0 radical (unpaired) electrons. The van der Waals surface area contributed by atoms with Gasteiger partial charge in [0.05, 0.1) is 16.2 Å². The van der Waals surface area contributed by atoms with Crippen LogP contribution < -0.4 is 10.2 Å². The van der Waals surface area contributed by atoms with Crippen LogP contribution in [-0.4, -0.2) is 32.7 Å². The third kappa shape index (κ3) is 3.69. The largest absolute Gasteiger partial charge is 0.440 e. The van der Waals surface area contributed by atoms with Crippen molar-refractivity contribution in [1.29, 1.82) is 0 Å². The molecule has 1 N–H and O–H groups in total. The van der Waals surface area contributed by atoms with Gasteiger partial charge in [-0.05, 0) is 18.2 Å². The van der Waals surface area contributed by atoms with Gasteiger partial charge in [-0.3, -0.25) is 14.9 Å². The molecule has 0 spiro atoms. The number of benzene rings is 2. The van der Waals surface area contributed by atoms with E-state index in [1.54, 1.807) is 36.4 Å². The first-order chi connectivity index (χ1) is 13.6. The first-order valence-corrected chi connectivity index (χ1v) is 8.93. The molecule has 1 aliphatic heterocycles. The van der Waals surface area contributed by atoms with Crippen LogP contribution in [0, 0.1) is 10.1 Å². The number of hydrogen-bond acceptors (Lipinski definition) is 9. The van der Waals surface area contributed by atoms with Crippen LogP contribution in [0.1, 0.15) is 10.4 Å². The van der Waals surface area contributed by atoms with Crippen LogP contribution in [0.5, 0.6) is 5.75 Å². The van der Waals surface area contributed by atoms with Gasteiger partial charge in [-0.2, -0.15) is 0 Å². The minimum absolute atomic E-state index is 0.0690. The van der Waals surface area contributed by atoms with E-state index in [0.717, 1.165) is 11.8 Å². The van der Waals surface area contributed by atoms with Crippen LogP contribution in [0.3, 0.4) is 0 Å². The van der Waals surface area contributed by atoms with E-state index in [4.69, 9.17) is 9.15 Å². The van der Waals surface area contributed by atoms with Crippen molar-refractivity contribution in [2.75, 3.05) is 5.75 Å². The van der Waals surface area contributed by atoms with Crippen LogP contribution in [0.2, 0.25) is 0 Å². The molecule has 1 aromatic heterocycles. The van der Waals surface area contributed by atoms with Crippen molar-refractivity contribution in [3.05, 3.63) is 64.2 Å². The molecule has 0 aliphatic carbocycles. The second-order valence-electron chi connectivity index (χ2n) is 5.51. The number of carbonyl (C=O) groups excluding carboxylic acids is 1. The minimum Gasteiger partial charge on any atom is -0.440 e. The Morgan fingerprint density at radius 2 is 2.00 bits per heavy atom. The average Bonchev–Trinajstić information content (AvgIpc) is 3.13. The van der Waals surface area contributed by atoms with E-state index < -0.39 is 4.92 Å². The van der Waals surface area contributed by atoms with Crippen LogP contribution in [-0.2, 0) is 0 Å². The smallest absolute Gasteiger partial charge is 0.277 e. The molecule has 0 bridgehead atoms. The molecule has 0 unspecified atom stereocenters. The molecule has 28 heavy (non-hydrogen) atoms. The molecule has 11 heteroatoms. The van der Waals surface area contributed by atoms with Crippen LogP contribution >= 0.6 is 11.8 Å². The van der Waals surface area contributed by atoms with Crippen LogP contribution in [0.25, 0.3) is 11.5 Å². The molecule has 0 atom stereocenters. The molecule has 3 aromatic rings. The number of amides is 1. The highest BCUT2D eigenvalue weighted by molar-refractivity contribution is 7.99. The quantitative estimate of drug-likeness (QED) is 0.395. The Labute approximate surface area is 161 Å².